The highest BCUT2D eigenvalue weighted by molar-refractivity contribution is 5.96. The van der Waals surface area contributed by atoms with Crippen molar-refractivity contribution in [1.29, 1.82) is 0 Å². The number of nitrogens with zero attached hydrogens (tertiary/aromatic N) is 2. The minimum absolute atomic E-state index is 0.110. The Hall–Kier alpha value is -3.98. The fourth-order valence-electron chi connectivity index (χ4n) is 4.84. The van der Waals surface area contributed by atoms with Crippen molar-refractivity contribution in [3.05, 3.63) is 78.3 Å². The van der Waals surface area contributed by atoms with Crippen LogP contribution in [0.1, 0.15) is 29.0 Å². The summed E-state index contributed by atoms with van der Waals surface area (Å²) < 4.78 is 5.77. The van der Waals surface area contributed by atoms with Crippen molar-refractivity contribution in [2.24, 2.45) is 5.92 Å². The Morgan fingerprint density at radius 1 is 1.06 bits per heavy atom. The van der Waals surface area contributed by atoms with E-state index in [1.54, 1.807) is 6.20 Å². The van der Waals surface area contributed by atoms with E-state index < -0.39 is 11.9 Å². The van der Waals surface area contributed by atoms with Gasteiger partial charge in [0.25, 0.3) is 5.91 Å². The van der Waals surface area contributed by atoms with Gasteiger partial charge in [0.15, 0.2) is 5.76 Å². The number of aliphatic carboxylic acids is 2. The minimum Gasteiger partial charge on any atom is -0.478 e. The number of carboxylic acid groups (broad SMARTS) is 2. The SMILES string of the molecule is O=C(NC1C2CCN(CC2)C1Cc1cccnc1)c1cc2ccccc2o1.O=C(O)C=CC(=O)O. The van der Waals surface area contributed by atoms with Crippen LogP contribution in [0.15, 0.2) is 71.4 Å². The molecule has 2 atom stereocenters. The van der Waals surface area contributed by atoms with Crippen LogP contribution in [-0.4, -0.2) is 63.1 Å². The van der Waals surface area contributed by atoms with Crippen molar-refractivity contribution in [1.82, 2.24) is 15.2 Å². The van der Waals surface area contributed by atoms with Crippen molar-refractivity contribution in [3.8, 4) is 0 Å². The van der Waals surface area contributed by atoms with E-state index in [4.69, 9.17) is 14.6 Å². The molecule has 9 nitrogen and oxygen atoms in total. The Morgan fingerprint density at radius 3 is 2.40 bits per heavy atom. The van der Waals surface area contributed by atoms with Gasteiger partial charge in [0, 0.05) is 42.0 Å². The molecule has 182 valence electrons. The molecule has 3 aliphatic heterocycles. The number of hydrogen-bond donors (Lipinski definition) is 3. The molecule has 0 spiro atoms. The van der Waals surface area contributed by atoms with E-state index in [9.17, 15) is 14.4 Å². The maximum absolute atomic E-state index is 12.9. The van der Waals surface area contributed by atoms with Crippen LogP contribution in [0.3, 0.4) is 0 Å². The molecule has 2 aromatic heterocycles. The lowest BCUT2D eigenvalue weighted by Gasteiger charge is -2.51. The summed E-state index contributed by atoms with van der Waals surface area (Å²) in [4.78, 5) is 38.8. The lowest BCUT2D eigenvalue weighted by molar-refractivity contribution is -0.134. The van der Waals surface area contributed by atoms with Gasteiger partial charge in [0.05, 0.1) is 0 Å². The Labute approximate surface area is 202 Å². The molecule has 5 heterocycles. The average Bonchev–Trinajstić information content (AvgIpc) is 3.30. The van der Waals surface area contributed by atoms with Crippen molar-refractivity contribution < 1.29 is 29.0 Å². The van der Waals surface area contributed by atoms with E-state index in [1.165, 1.54) is 5.56 Å². The maximum Gasteiger partial charge on any atom is 0.328 e. The highest BCUT2D eigenvalue weighted by Gasteiger charge is 2.43. The van der Waals surface area contributed by atoms with E-state index in [0.717, 1.165) is 43.3 Å². The first-order chi connectivity index (χ1) is 16.9. The third-order valence-electron chi connectivity index (χ3n) is 6.45. The Morgan fingerprint density at radius 2 is 1.77 bits per heavy atom. The summed E-state index contributed by atoms with van der Waals surface area (Å²) in [6.07, 6.45) is 8.06. The molecule has 1 amide bonds. The van der Waals surface area contributed by atoms with E-state index in [-0.39, 0.29) is 11.9 Å². The predicted molar refractivity (Wildman–Crippen MR) is 128 cm³/mol. The number of aromatic nitrogens is 1. The molecule has 6 rings (SSSR count). The van der Waals surface area contributed by atoms with Gasteiger partial charge in [-0.05, 0) is 62.0 Å². The summed E-state index contributed by atoms with van der Waals surface area (Å²) in [7, 11) is 0. The first-order valence-corrected chi connectivity index (χ1v) is 11.5. The number of rotatable bonds is 6. The summed E-state index contributed by atoms with van der Waals surface area (Å²) in [5.74, 6) is -1.70. The van der Waals surface area contributed by atoms with Crippen LogP contribution in [-0.2, 0) is 16.0 Å². The number of benzene rings is 1. The molecule has 9 heteroatoms. The molecule has 2 bridgehead atoms. The number of piperidine rings is 3. The summed E-state index contributed by atoms with van der Waals surface area (Å²) in [6, 6.07) is 14.1. The van der Waals surface area contributed by atoms with Gasteiger partial charge in [-0.15, -0.1) is 0 Å². The quantitative estimate of drug-likeness (QED) is 0.462. The van der Waals surface area contributed by atoms with Gasteiger partial charge in [-0.25, -0.2) is 9.59 Å². The van der Waals surface area contributed by atoms with Crippen LogP contribution >= 0.6 is 0 Å². The molecule has 35 heavy (non-hydrogen) atoms. The zero-order valence-electron chi connectivity index (χ0n) is 19.0. The maximum atomic E-state index is 12.9. The highest BCUT2D eigenvalue weighted by Crippen LogP contribution is 2.34. The van der Waals surface area contributed by atoms with Crippen molar-refractivity contribution in [3.63, 3.8) is 0 Å². The predicted octanol–water partition coefficient (Wildman–Crippen LogP) is 2.97. The molecule has 1 aromatic carbocycles. The first kappa shape index (κ1) is 24.2. The lowest BCUT2D eigenvalue weighted by atomic mass is 9.76. The zero-order chi connectivity index (χ0) is 24.8. The number of pyridine rings is 1. The van der Waals surface area contributed by atoms with E-state index in [2.05, 4.69) is 21.3 Å². The van der Waals surface area contributed by atoms with E-state index >= 15 is 0 Å². The molecular weight excluding hydrogens is 450 g/mol. The second kappa shape index (κ2) is 11.0. The van der Waals surface area contributed by atoms with Crippen LogP contribution in [0.4, 0.5) is 0 Å². The van der Waals surface area contributed by atoms with Crippen LogP contribution in [0.5, 0.6) is 0 Å². The van der Waals surface area contributed by atoms with Crippen molar-refractivity contribution in [2.75, 3.05) is 13.1 Å². The smallest absolute Gasteiger partial charge is 0.328 e. The molecule has 0 aliphatic carbocycles. The molecule has 0 saturated carbocycles. The van der Waals surface area contributed by atoms with Gasteiger partial charge in [-0.2, -0.15) is 0 Å². The molecule has 3 N–H and O–H groups in total. The molecule has 2 unspecified atom stereocenters. The molecule has 3 aromatic rings. The number of carbonyl (C=O) groups excluding carboxylic acids is 1. The van der Waals surface area contributed by atoms with Crippen LogP contribution in [0.2, 0.25) is 0 Å². The lowest BCUT2D eigenvalue weighted by Crippen LogP contribution is -2.64. The topological polar surface area (TPSA) is 133 Å². The summed E-state index contributed by atoms with van der Waals surface area (Å²) in [6.45, 7) is 2.24. The first-order valence-electron chi connectivity index (χ1n) is 11.5. The largest absolute Gasteiger partial charge is 0.478 e. The highest BCUT2D eigenvalue weighted by atomic mass is 16.4. The normalized spacial score (nSPS) is 23.0. The van der Waals surface area contributed by atoms with Gasteiger partial charge in [0.2, 0.25) is 0 Å². The number of amides is 1. The molecule has 3 fully saturated rings. The van der Waals surface area contributed by atoms with Gasteiger partial charge >= 0.3 is 11.9 Å². The Bertz CT molecular complexity index is 1170. The van der Waals surface area contributed by atoms with Gasteiger partial charge in [0.1, 0.15) is 5.58 Å². The Kier molecular flexibility index (Phi) is 7.57. The third-order valence-corrected chi connectivity index (χ3v) is 6.45. The van der Waals surface area contributed by atoms with Gasteiger partial charge < -0.3 is 19.9 Å². The number of hydrogen-bond acceptors (Lipinski definition) is 6. The van der Waals surface area contributed by atoms with E-state index in [1.807, 2.05) is 42.6 Å². The number of para-hydroxylation sites is 1. The molecule has 3 saturated heterocycles. The average molecular weight is 478 g/mol. The second-order valence-electron chi connectivity index (χ2n) is 8.66. The fraction of sp³-hybridized carbons (Fsp3) is 0.308. The zero-order valence-corrected chi connectivity index (χ0v) is 19.0. The number of fused-ring (bicyclic) bond motifs is 4. The van der Waals surface area contributed by atoms with Crippen LogP contribution < -0.4 is 5.32 Å². The third kappa shape index (κ3) is 6.13. The number of carbonyl (C=O) groups is 3. The number of furan rings is 1. The summed E-state index contributed by atoms with van der Waals surface area (Å²) in [5.41, 5.74) is 1.97. The molecule has 0 radical (unpaired) electrons. The van der Waals surface area contributed by atoms with Crippen molar-refractivity contribution in [2.45, 2.75) is 31.3 Å². The van der Waals surface area contributed by atoms with Gasteiger partial charge in [-0.3, -0.25) is 14.7 Å². The monoisotopic (exact) mass is 477 g/mol. The fourth-order valence-corrected chi connectivity index (χ4v) is 4.84. The molecule has 3 aliphatic rings. The standard InChI is InChI=1S/C22H23N3O2.C4H4O4/c26-22(20-13-17-5-1-2-6-19(17)27-20)24-21-16-7-10-25(11-8-16)18(21)12-15-4-3-9-23-14-15;5-3(6)1-2-4(7)8/h1-6,9,13-14,16,18,21H,7-8,10-12H2,(H,24,26);1-2H,(H,5,6)(H,7,8). The summed E-state index contributed by atoms with van der Waals surface area (Å²) >= 11 is 0. The summed E-state index contributed by atoms with van der Waals surface area (Å²) in [5, 5.41) is 19.9. The number of carboxylic acids is 2. The number of nitrogens with one attached hydrogen (secondary N) is 1. The van der Waals surface area contributed by atoms with Crippen LogP contribution in [0, 0.1) is 5.92 Å². The molecular formula is C26H27N3O6. The van der Waals surface area contributed by atoms with Gasteiger partial charge in [-0.1, -0.05) is 24.3 Å². The van der Waals surface area contributed by atoms with E-state index in [0.29, 0.717) is 29.9 Å². The van der Waals surface area contributed by atoms with Crippen LogP contribution in [0.25, 0.3) is 11.0 Å². The Balaban J connectivity index is 0.000000314. The second-order valence-corrected chi connectivity index (χ2v) is 8.66. The van der Waals surface area contributed by atoms with Crippen molar-refractivity contribution >= 4 is 28.8 Å². The minimum atomic E-state index is -1.26.